The molecule has 2 N–H and O–H groups in total. The minimum absolute atomic E-state index is 0.105. The Balaban J connectivity index is 2.36. The molecule has 0 saturated heterocycles. The highest BCUT2D eigenvalue weighted by atomic mass is 16.2. The summed E-state index contributed by atoms with van der Waals surface area (Å²) in [7, 11) is 1.31. The summed E-state index contributed by atoms with van der Waals surface area (Å²) in [6.07, 6.45) is 1.13. The van der Waals surface area contributed by atoms with Gasteiger partial charge in [0.25, 0.3) is 11.5 Å². The van der Waals surface area contributed by atoms with Crippen molar-refractivity contribution in [2.24, 2.45) is 7.05 Å². The highest BCUT2D eigenvalue weighted by Crippen LogP contribution is 2.16. The van der Waals surface area contributed by atoms with Gasteiger partial charge in [-0.05, 0) is 25.5 Å². The zero-order chi connectivity index (χ0) is 14.9. The average Bonchev–Trinajstić information content (AvgIpc) is 2.39. The van der Waals surface area contributed by atoms with Gasteiger partial charge >= 0.3 is 5.69 Å². The first-order valence-corrected chi connectivity index (χ1v) is 6.07. The van der Waals surface area contributed by atoms with Gasteiger partial charge in [-0.3, -0.25) is 14.2 Å². The summed E-state index contributed by atoms with van der Waals surface area (Å²) in [5.74, 6) is -0.547. The van der Waals surface area contributed by atoms with Crippen LogP contribution in [0.5, 0.6) is 0 Å². The van der Waals surface area contributed by atoms with Crippen molar-refractivity contribution in [3.8, 4) is 0 Å². The number of nitrogens with zero attached hydrogens (tertiary/aromatic N) is 1. The van der Waals surface area contributed by atoms with Gasteiger partial charge < -0.3 is 10.3 Å². The lowest BCUT2D eigenvalue weighted by atomic mass is 10.1. The fourth-order valence-electron chi connectivity index (χ4n) is 1.87. The first-order chi connectivity index (χ1) is 9.40. The molecule has 0 atom stereocenters. The number of carbonyl (C=O) groups excluding carboxylic acids is 1. The second-order valence-corrected chi connectivity index (χ2v) is 4.64. The van der Waals surface area contributed by atoms with E-state index in [1.807, 2.05) is 26.0 Å². The van der Waals surface area contributed by atoms with Crippen LogP contribution in [0, 0.1) is 13.8 Å². The number of hydrogen-bond donors (Lipinski definition) is 2. The number of nitrogens with one attached hydrogen (secondary N) is 2. The minimum atomic E-state index is -0.629. The van der Waals surface area contributed by atoms with Crippen LogP contribution in [-0.4, -0.2) is 15.5 Å². The maximum absolute atomic E-state index is 12.1. The Bertz CT molecular complexity index is 787. The van der Waals surface area contributed by atoms with Crippen LogP contribution >= 0.6 is 0 Å². The van der Waals surface area contributed by atoms with Gasteiger partial charge in [0.2, 0.25) is 0 Å². The molecular weight excluding hydrogens is 258 g/mol. The largest absolute Gasteiger partial charge is 0.328 e. The summed E-state index contributed by atoms with van der Waals surface area (Å²) < 4.78 is 0.858. The van der Waals surface area contributed by atoms with Gasteiger partial charge in [-0.25, -0.2) is 4.79 Å². The van der Waals surface area contributed by atoms with Crippen LogP contribution in [0.15, 0.2) is 34.0 Å². The van der Waals surface area contributed by atoms with Crippen LogP contribution in [0.25, 0.3) is 0 Å². The van der Waals surface area contributed by atoms with Crippen LogP contribution in [0.1, 0.15) is 21.5 Å². The fraction of sp³-hybridized carbons (Fsp3) is 0.214. The first-order valence-electron chi connectivity index (χ1n) is 6.07. The number of anilines is 1. The molecular formula is C14H15N3O3. The normalized spacial score (nSPS) is 10.3. The molecule has 0 fully saturated rings. The molecule has 0 aliphatic carbocycles. The third-order valence-corrected chi connectivity index (χ3v) is 3.05. The van der Waals surface area contributed by atoms with E-state index in [0.717, 1.165) is 21.9 Å². The van der Waals surface area contributed by atoms with E-state index in [4.69, 9.17) is 0 Å². The molecule has 1 aromatic heterocycles. The standard InChI is InChI=1S/C14H15N3O3/c1-8-4-5-11(9(2)6-8)16-12(18)10-7-15-14(20)17(3)13(10)19/h4-7H,1-3H3,(H,15,20)(H,16,18). The van der Waals surface area contributed by atoms with Crippen molar-refractivity contribution < 1.29 is 4.79 Å². The van der Waals surface area contributed by atoms with Crippen LogP contribution in [0.2, 0.25) is 0 Å². The summed E-state index contributed by atoms with van der Waals surface area (Å²) in [5.41, 5.74) is 1.33. The number of rotatable bonds is 2. The molecule has 1 aromatic carbocycles. The summed E-state index contributed by atoms with van der Waals surface area (Å²) >= 11 is 0. The number of hydrogen-bond acceptors (Lipinski definition) is 3. The van der Waals surface area contributed by atoms with Gasteiger partial charge in [0.05, 0.1) is 0 Å². The van der Waals surface area contributed by atoms with Crippen molar-refractivity contribution in [2.45, 2.75) is 13.8 Å². The zero-order valence-electron chi connectivity index (χ0n) is 11.5. The summed E-state index contributed by atoms with van der Waals surface area (Å²) in [6.45, 7) is 3.82. The molecule has 0 radical (unpaired) electrons. The number of aryl methyl sites for hydroxylation is 2. The number of H-pyrrole nitrogens is 1. The van der Waals surface area contributed by atoms with Crippen LogP contribution in [0.3, 0.4) is 0 Å². The Hall–Kier alpha value is -2.63. The molecule has 0 aliphatic rings. The Labute approximate surface area is 115 Å². The van der Waals surface area contributed by atoms with Gasteiger partial charge in [-0.2, -0.15) is 0 Å². The number of aromatic amines is 1. The predicted molar refractivity (Wildman–Crippen MR) is 76.2 cm³/mol. The molecule has 6 nitrogen and oxygen atoms in total. The van der Waals surface area contributed by atoms with E-state index in [0.29, 0.717) is 5.69 Å². The van der Waals surface area contributed by atoms with Gasteiger partial charge in [-0.1, -0.05) is 17.7 Å². The van der Waals surface area contributed by atoms with Crippen molar-refractivity contribution in [1.82, 2.24) is 9.55 Å². The van der Waals surface area contributed by atoms with E-state index >= 15 is 0 Å². The lowest BCUT2D eigenvalue weighted by Gasteiger charge is -2.09. The third-order valence-electron chi connectivity index (χ3n) is 3.05. The maximum Gasteiger partial charge on any atom is 0.328 e. The molecule has 0 aliphatic heterocycles. The van der Waals surface area contributed by atoms with Gasteiger partial charge in [-0.15, -0.1) is 0 Å². The van der Waals surface area contributed by atoms with E-state index in [-0.39, 0.29) is 5.56 Å². The summed E-state index contributed by atoms with van der Waals surface area (Å²) in [6, 6.07) is 5.58. The van der Waals surface area contributed by atoms with Crippen molar-refractivity contribution in [2.75, 3.05) is 5.32 Å². The van der Waals surface area contributed by atoms with E-state index in [1.165, 1.54) is 7.05 Å². The predicted octanol–water partition coefficient (Wildman–Crippen LogP) is 0.943. The van der Waals surface area contributed by atoms with Crippen LogP contribution in [-0.2, 0) is 7.05 Å². The summed E-state index contributed by atoms with van der Waals surface area (Å²) in [5, 5.41) is 2.67. The SMILES string of the molecule is Cc1ccc(NC(=O)c2c[nH]c(=O)n(C)c2=O)c(C)c1. The molecule has 0 saturated carbocycles. The molecule has 2 aromatic rings. The second kappa shape index (κ2) is 5.16. The Morgan fingerprint density at radius 1 is 1.25 bits per heavy atom. The molecule has 2 rings (SSSR count). The van der Waals surface area contributed by atoms with Crippen molar-refractivity contribution in [3.05, 3.63) is 61.9 Å². The molecule has 104 valence electrons. The number of aromatic nitrogens is 2. The number of benzene rings is 1. The van der Waals surface area contributed by atoms with E-state index < -0.39 is 17.2 Å². The Morgan fingerprint density at radius 3 is 2.60 bits per heavy atom. The van der Waals surface area contributed by atoms with Crippen molar-refractivity contribution in [3.63, 3.8) is 0 Å². The minimum Gasteiger partial charge on any atom is -0.322 e. The lowest BCUT2D eigenvalue weighted by molar-refractivity contribution is 0.102. The fourth-order valence-corrected chi connectivity index (χ4v) is 1.87. The highest BCUT2D eigenvalue weighted by Gasteiger charge is 2.14. The summed E-state index contributed by atoms with van der Waals surface area (Å²) in [4.78, 5) is 37.5. The molecule has 6 heteroatoms. The van der Waals surface area contributed by atoms with E-state index in [9.17, 15) is 14.4 Å². The Morgan fingerprint density at radius 2 is 1.95 bits per heavy atom. The quantitative estimate of drug-likeness (QED) is 0.854. The first kappa shape index (κ1) is 13.8. The smallest absolute Gasteiger partial charge is 0.322 e. The van der Waals surface area contributed by atoms with Crippen molar-refractivity contribution in [1.29, 1.82) is 0 Å². The van der Waals surface area contributed by atoms with Crippen LogP contribution in [0.4, 0.5) is 5.69 Å². The monoisotopic (exact) mass is 273 g/mol. The zero-order valence-corrected chi connectivity index (χ0v) is 11.5. The van der Waals surface area contributed by atoms with E-state index in [1.54, 1.807) is 6.07 Å². The highest BCUT2D eigenvalue weighted by molar-refractivity contribution is 6.04. The third kappa shape index (κ3) is 2.54. The lowest BCUT2D eigenvalue weighted by Crippen LogP contribution is -2.37. The number of amides is 1. The number of carbonyl (C=O) groups is 1. The molecule has 0 bridgehead atoms. The molecule has 0 spiro atoms. The second-order valence-electron chi connectivity index (χ2n) is 4.64. The van der Waals surface area contributed by atoms with E-state index in [2.05, 4.69) is 10.3 Å². The molecule has 1 heterocycles. The van der Waals surface area contributed by atoms with Crippen molar-refractivity contribution >= 4 is 11.6 Å². The molecule has 20 heavy (non-hydrogen) atoms. The molecule has 0 unspecified atom stereocenters. The Kier molecular flexibility index (Phi) is 3.56. The average molecular weight is 273 g/mol. The topological polar surface area (TPSA) is 84.0 Å². The van der Waals surface area contributed by atoms with Gasteiger partial charge in [0.15, 0.2) is 0 Å². The maximum atomic E-state index is 12.1. The van der Waals surface area contributed by atoms with Crippen LogP contribution < -0.4 is 16.6 Å². The van der Waals surface area contributed by atoms with Gasteiger partial charge in [0.1, 0.15) is 5.56 Å². The molecule has 1 amide bonds. The van der Waals surface area contributed by atoms with Gasteiger partial charge in [0, 0.05) is 18.9 Å².